The Labute approximate surface area is 230 Å². The van der Waals surface area contributed by atoms with Crippen LogP contribution in [-0.2, 0) is 14.3 Å². The molecule has 0 spiro atoms. The molecule has 0 radical (unpaired) electrons. The van der Waals surface area contributed by atoms with Crippen LogP contribution in [0.15, 0.2) is 12.1 Å². The van der Waals surface area contributed by atoms with Crippen molar-refractivity contribution in [1.29, 1.82) is 0 Å². The fourth-order valence-electron chi connectivity index (χ4n) is 4.53. The number of methoxy groups -OCH3 is 2. The first-order valence-electron chi connectivity index (χ1n) is 12.9. The van der Waals surface area contributed by atoms with E-state index in [1.54, 1.807) is 27.9 Å². The Hall–Kier alpha value is -0.711. The molecule has 0 aliphatic carbocycles. The number of esters is 1. The summed E-state index contributed by atoms with van der Waals surface area (Å²) in [7, 11) is 3.09. The van der Waals surface area contributed by atoms with Crippen LogP contribution in [0.2, 0.25) is 13.3 Å². The van der Waals surface area contributed by atoms with Crippen molar-refractivity contribution in [2.24, 2.45) is 0 Å². The van der Waals surface area contributed by atoms with Crippen molar-refractivity contribution in [3.63, 3.8) is 0 Å². The van der Waals surface area contributed by atoms with Crippen molar-refractivity contribution in [3.05, 3.63) is 21.3 Å². The second kappa shape index (κ2) is 15.5. The summed E-state index contributed by atoms with van der Waals surface area (Å²) in [5, 5.41) is 2.76. The molecule has 8 heteroatoms. The Kier molecular flexibility index (Phi) is 14.3. The molecule has 0 aromatic heterocycles. The molecule has 0 saturated carbocycles. The quantitative estimate of drug-likeness (QED) is 0.127. The number of hydrogen-bond acceptors (Lipinski definition) is 5. The van der Waals surface area contributed by atoms with Gasteiger partial charge in [0.2, 0.25) is 0 Å². The molecular formula is C27H46INO5Sn. The van der Waals surface area contributed by atoms with E-state index in [4.69, 9.17) is 14.2 Å². The van der Waals surface area contributed by atoms with E-state index in [-0.39, 0.29) is 0 Å². The minimum absolute atomic E-state index is 0.515. The third-order valence-electron chi connectivity index (χ3n) is 6.30. The molecule has 1 aromatic rings. The summed E-state index contributed by atoms with van der Waals surface area (Å²) in [6, 6.07) is 3.13. The molecule has 0 aliphatic rings. The predicted molar refractivity (Wildman–Crippen MR) is 154 cm³/mol. The molecule has 0 unspecified atom stereocenters. The second-order valence-electron chi connectivity index (χ2n) is 10.3. The molecule has 0 saturated heterocycles. The average molecular weight is 710 g/mol. The van der Waals surface area contributed by atoms with Crippen LogP contribution in [0.25, 0.3) is 0 Å². The monoisotopic (exact) mass is 711 g/mol. The van der Waals surface area contributed by atoms with E-state index in [2.05, 4.69) is 54.7 Å². The van der Waals surface area contributed by atoms with Crippen molar-refractivity contribution >= 4 is 56.6 Å². The molecule has 6 nitrogen and oxygen atoms in total. The number of amides is 1. The number of rotatable bonds is 14. The van der Waals surface area contributed by atoms with Crippen LogP contribution in [0.1, 0.15) is 91.7 Å². The van der Waals surface area contributed by atoms with Gasteiger partial charge >= 0.3 is 232 Å². The summed E-state index contributed by atoms with van der Waals surface area (Å²) in [4.78, 5) is 25.5. The minimum atomic E-state index is -2.93. The number of halogens is 1. The van der Waals surface area contributed by atoms with Gasteiger partial charge in [0.1, 0.15) is 0 Å². The molecule has 0 bridgehead atoms. The number of carbonyl (C=O) groups excluding carboxylic acids is 2. The van der Waals surface area contributed by atoms with Gasteiger partial charge in [-0.05, 0) is 0 Å². The van der Waals surface area contributed by atoms with Gasteiger partial charge in [0.05, 0.1) is 0 Å². The van der Waals surface area contributed by atoms with Crippen LogP contribution < -0.4 is 13.6 Å². The summed E-state index contributed by atoms with van der Waals surface area (Å²) in [5.41, 5.74) is 0.0597. The molecule has 0 aliphatic heterocycles. The molecule has 1 amide bonds. The number of unbranched alkanes of at least 4 members (excludes halogenated alkanes) is 3. The topological polar surface area (TPSA) is 73.9 Å². The first-order chi connectivity index (χ1) is 16.5. The number of alkyl carbamates (subject to hydrolysis) is 1. The summed E-state index contributed by atoms with van der Waals surface area (Å²) in [5.74, 6) is 0.439. The Morgan fingerprint density at radius 1 is 0.971 bits per heavy atom. The molecule has 1 rings (SSSR count). The molecule has 0 heterocycles. The van der Waals surface area contributed by atoms with E-state index >= 15 is 0 Å². The normalized spacial score (nSPS) is 12.7. The van der Waals surface area contributed by atoms with Gasteiger partial charge in [-0.25, -0.2) is 0 Å². The van der Waals surface area contributed by atoms with Crippen LogP contribution in [0.4, 0.5) is 4.79 Å². The van der Waals surface area contributed by atoms with Crippen molar-refractivity contribution < 1.29 is 23.8 Å². The van der Waals surface area contributed by atoms with Crippen LogP contribution in [0, 0.1) is 3.57 Å². The molecule has 35 heavy (non-hydrogen) atoms. The number of benzene rings is 1. The van der Waals surface area contributed by atoms with E-state index < -0.39 is 42.1 Å². The van der Waals surface area contributed by atoms with Crippen LogP contribution in [0.3, 0.4) is 0 Å². The van der Waals surface area contributed by atoms with Crippen LogP contribution in [0.5, 0.6) is 5.75 Å². The van der Waals surface area contributed by atoms with Crippen LogP contribution >= 0.6 is 22.6 Å². The Morgan fingerprint density at radius 3 is 1.89 bits per heavy atom. The SMILES string of the molecule is CCC[CH2][Sn]([CH2]CCC)([CH2]CCC)[c]1cc([C@@H](NC(=O)OC(C)(C)C)C(=O)OC)cc(I)c1OC. The molecule has 0 fully saturated rings. The summed E-state index contributed by atoms with van der Waals surface area (Å²) in [6.45, 7) is 12.2. The third kappa shape index (κ3) is 9.93. The van der Waals surface area contributed by atoms with Gasteiger partial charge in [-0.2, -0.15) is 0 Å². The Morgan fingerprint density at radius 2 is 1.49 bits per heavy atom. The van der Waals surface area contributed by atoms with Crippen LogP contribution in [-0.4, -0.2) is 50.3 Å². The fourth-order valence-corrected chi connectivity index (χ4v) is 22.8. The van der Waals surface area contributed by atoms with Crippen molar-refractivity contribution in [2.45, 2.75) is 105 Å². The third-order valence-corrected chi connectivity index (χ3v) is 22.6. The second-order valence-corrected chi connectivity index (χ2v) is 24.6. The number of ether oxygens (including phenoxy) is 3. The van der Waals surface area contributed by atoms with Crippen molar-refractivity contribution in [1.82, 2.24) is 5.32 Å². The molecule has 200 valence electrons. The fraction of sp³-hybridized carbons (Fsp3) is 0.704. The average Bonchev–Trinajstić information content (AvgIpc) is 2.80. The molecule has 1 aromatic carbocycles. The van der Waals surface area contributed by atoms with Gasteiger partial charge in [-0.1, -0.05) is 0 Å². The van der Waals surface area contributed by atoms with Gasteiger partial charge in [-0.15, -0.1) is 0 Å². The Bertz CT molecular complexity index is 803. The molecule has 1 N–H and O–H groups in total. The first-order valence-corrected chi connectivity index (χ1v) is 21.5. The van der Waals surface area contributed by atoms with Gasteiger partial charge in [0.25, 0.3) is 0 Å². The van der Waals surface area contributed by atoms with Gasteiger partial charge in [-0.3, -0.25) is 0 Å². The van der Waals surface area contributed by atoms with E-state index in [9.17, 15) is 9.59 Å². The maximum atomic E-state index is 12.8. The number of nitrogens with one attached hydrogen (secondary N) is 1. The maximum absolute atomic E-state index is 12.8. The number of hydrogen-bond donors (Lipinski definition) is 1. The van der Waals surface area contributed by atoms with E-state index in [1.165, 1.54) is 62.5 Å². The standard InChI is InChI=1S/C15H19INO5.3C4H9.Sn/c1-15(2,3)22-14(19)17-12(13(18)21-5)9-6-7-11(20-4)10(16)8-9;3*1-3-4-2;/h6,8,12H,1-5H3,(H,17,19);3*1,3-4H2,2H3;/t12-;;;;/m1..../s1. The zero-order valence-corrected chi connectivity index (χ0v) is 28.0. The van der Waals surface area contributed by atoms with Gasteiger partial charge in [0.15, 0.2) is 0 Å². The van der Waals surface area contributed by atoms with Gasteiger partial charge in [0, 0.05) is 0 Å². The van der Waals surface area contributed by atoms with Gasteiger partial charge < -0.3 is 0 Å². The summed E-state index contributed by atoms with van der Waals surface area (Å²) >= 11 is -0.628. The van der Waals surface area contributed by atoms with E-state index in [0.717, 1.165) is 14.9 Å². The first kappa shape index (κ1) is 32.3. The Balaban J connectivity index is 3.71. The molecule has 1 atom stereocenters. The van der Waals surface area contributed by atoms with Crippen molar-refractivity contribution in [3.8, 4) is 5.75 Å². The zero-order valence-electron chi connectivity index (χ0n) is 23.0. The summed E-state index contributed by atoms with van der Waals surface area (Å²) in [6.07, 6.45) is 6.50. The summed E-state index contributed by atoms with van der Waals surface area (Å²) < 4.78 is 22.6. The van der Waals surface area contributed by atoms with E-state index in [1.807, 2.05) is 6.07 Å². The molecular weight excluding hydrogens is 664 g/mol. The predicted octanol–water partition coefficient (Wildman–Crippen LogP) is 7.09. The zero-order chi connectivity index (χ0) is 26.6. The number of carbonyl (C=O) groups is 2. The van der Waals surface area contributed by atoms with E-state index in [0.29, 0.717) is 0 Å². The van der Waals surface area contributed by atoms with Crippen molar-refractivity contribution in [2.75, 3.05) is 14.2 Å².